The van der Waals surface area contributed by atoms with Gasteiger partial charge in [-0.1, -0.05) is 37.6 Å². The van der Waals surface area contributed by atoms with Crippen molar-refractivity contribution >= 4 is 17.4 Å². The molecule has 0 radical (unpaired) electrons. The van der Waals surface area contributed by atoms with E-state index in [4.69, 9.17) is 17.3 Å². The predicted octanol–water partition coefficient (Wildman–Crippen LogP) is 3.84. The zero-order valence-corrected chi connectivity index (χ0v) is 12.2. The summed E-state index contributed by atoms with van der Waals surface area (Å²) in [6.07, 6.45) is 1.17. The van der Waals surface area contributed by atoms with E-state index in [1.165, 1.54) is 6.42 Å². The summed E-state index contributed by atoms with van der Waals surface area (Å²) in [5.74, 6) is 1.22. The molecule has 0 saturated heterocycles. The molecular formula is C15H18ClN3. The molecule has 0 amide bonds. The van der Waals surface area contributed by atoms with Gasteiger partial charge in [0, 0.05) is 23.6 Å². The van der Waals surface area contributed by atoms with Crippen molar-refractivity contribution in [1.82, 2.24) is 9.78 Å². The van der Waals surface area contributed by atoms with Crippen LogP contribution in [0.2, 0.25) is 5.02 Å². The first-order valence-electron chi connectivity index (χ1n) is 6.48. The zero-order chi connectivity index (χ0) is 13.8. The van der Waals surface area contributed by atoms with Crippen molar-refractivity contribution in [2.45, 2.75) is 26.2 Å². The number of nitrogens with two attached hydrogens (primary N) is 1. The molecule has 0 spiro atoms. The van der Waals surface area contributed by atoms with Crippen LogP contribution in [0.15, 0.2) is 24.3 Å². The van der Waals surface area contributed by atoms with Crippen LogP contribution in [0.1, 0.15) is 31.9 Å². The Morgan fingerprint density at radius 3 is 2.42 bits per heavy atom. The Morgan fingerprint density at radius 1 is 1.32 bits per heavy atom. The summed E-state index contributed by atoms with van der Waals surface area (Å²) in [7, 11) is 1.90. The first-order valence-corrected chi connectivity index (χ1v) is 6.86. The number of rotatable bonds is 2. The van der Waals surface area contributed by atoms with Crippen LogP contribution in [0.25, 0.3) is 11.1 Å². The maximum absolute atomic E-state index is 6.20. The first kappa shape index (κ1) is 12.5. The van der Waals surface area contributed by atoms with E-state index in [0.29, 0.717) is 11.3 Å². The Morgan fingerprint density at radius 2 is 1.89 bits per heavy atom. The van der Waals surface area contributed by atoms with Crippen LogP contribution in [0.5, 0.6) is 0 Å². The van der Waals surface area contributed by atoms with E-state index < -0.39 is 0 Å². The van der Waals surface area contributed by atoms with Crippen molar-refractivity contribution in [2.75, 3.05) is 5.73 Å². The van der Waals surface area contributed by atoms with Gasteiger partial charge in [0.15, 0.2) is 0 Å². The molecule has 1 fully saturated rings. The summed E-state index contributed by atoms with van der Waals surface area (Å²) in [5.41, 5.74) is 9.80. The van der Waals surface area contributed by atoms with Crippen LogP contribution in [0.3, 0.4) is 0 Å². The van der Waals surface area contributed by atoms with E-state index in [1.54, 1.807) is 4.68 Å². The topological polar surface area (TPSA) is 43.8 Å². The number of anilines is 1. The maximum atomic E-state index is 6.20. The van der Waals surface area contributed by atoms with Gasteiger partial charge >= 0.3 is 0 Å². The molecule has 1 saturated carbocycles. The van der Waals surface area contributed by atoms with Gasteiger partial charge in [-0.05, 0) is 29.5 Å². The van der Waals surface area contributed by atoms with Crippen LogP contribution in [-0.2, 0) is 7.05 Å². The largest absolute Gasteiger partial charge is 0.383 e. The van der Waals surface area contributed by atoms with Crippen molar-refractivity contribution in [3.8, 4) is 11.1 Å². The van der Waals surface area contributed by atoms with Gasteiger partial charge in [0.2, 0.25) is 0 Å². The number of halogens is 1. The molecule has 1 aromatic carbocycles. The Balaban J connectivity index is 2.12. The molecule has 2 N–H and O–H groups in total. The van der Waals surface area contributed by atoms with E-state index in [-0.39, 0.29) is 0 Å². The average molecular weight is 276 g/mol. The fourth-order valence-corrected chi connectivity index (χ4v) is 2.77. The van der Waals surface area contributed by atoms with Crippen molar-refractivity contribution in [2.24, 2.45) is 12.5 Å². The molecule has 0 bridgehead atoms. The molecule has 3 nitrogen and oxygen atoms in total. The number of hydrogen-bond donors (Lipinski definition) is 1. The molecule has 19 heavy (non-hydrogen) atoms. The van der Waals surface area contributed by atoms with E-state index in [2.05, 4.69) is 18.9 Å². The molecule has 1 aromatic heterocycles. The molecule has 1 aliphatic rings. The lowest BCUT2D eigenvalue weighted by molar-refractivity contribution is 0.609. The second-order valence-electron chi connectivity index (χ2n) is 6.02. The normalized spacial score (nSPS) is 20.5. The number of aromatic nitrogens is 2. The number of nitrogen functional groups attached to an aromatic ring is 1. The minimum absolute atomic E-state index is 0.335. The number of benzene rings is 1. The monoisotopic (exact) mass is 275 g/mol. The third-order valence-corrected chi connectivity index (χ3v) is 4.35. The highest BCUT2D eigenvalue weighted by Gasteiger charge is 2.49. The molecule has 2 aromatic rings. The Bertz CT molecular complexity index is 626. The van der Waals surface area contributed by atoms with Crippen LogP contribution >= 0.6 is 11.6 Å². The van der Waals surface area contributed by atoms with Gasteiger partial charge in [0.05, 0.1) is 5.69 Å². The molecular weight excluding hydrogens is 258 g/mol. The van der Waals surface area contributed by atoms with Crippen molar-refractivity contribution < 1.29 is 0 Å². The van der Waals surface area contributed by atoms with Crippen molar-refractivity contribution in [3.63, 3.8) is 0 Å². The fourth-order valence-electron chi connectivity index (χ4n) is 2.65. The van der Waals surface area contributed by atoms with E-state index in [1.807, 2.05) is 31.3 Å². The van der Waals surface area contributed by atoms with Crippen LogP contribution in [-0.4, -0.2) is 9.78 Å². The molecule has 1 unspecified atom stereocenters. The summed E-state index contributed by atoms with van der Waals surface area (Å²) in [5, 5.41) is 5.36. The standard InChI is InChI=1S/C15H18ClN3/c1-15(2)8-11(15)13-12(14(17)19(3)18-13)9-4-6-10(16)7-5-9/h4-7,11H,8,17H2,1-3H3. The summed E-state index contributed by atoms with van der Waals surface area (Å²) in [6.45, 7) is 4.54. The van der Waals surface area contributed by atoms with Gasteiger partial charge in [-0.2, -0.15) is 5.10 Å². The second-order valence-corrected chi connectivity index (χ2v) is 6.46. The zero-order valence-electron chi connectivity index (χ0n) is 11.4. The Labute approximate surface area is 118 Å². The summed E-state index contributed by atoms with van der Waals surface area (Å²) in [6, 6.07) is 7.81. The van der Waals surface area contributed by atoms with Crippen LogP contribution in [0, 0.1) is 5.41 Å². The predicted molar refractivity (Wildman–Crippen MR) is 79.2 cm³/mol. The smallest absolute Gasteiger partial charge is 0.129 e. The molecule has 100 valence electrons. The minimum atomic E-state index is 0.335. The Kier molecular flexibility index (Phi) is 2.65. The third kappa shape index (κ3) is 2.02. The average Bonchev–Trinajstić information content (AvgIpc) is 2.88. The molecule has 1 heterocycles. The molecule has 1 atom stereocenters. The van der Waals surface area contributed by atoms with Gasteiger partial charge in [-0.25, -0.2) is 0 Å². The van der Waals surface area contributed by atoms with Crippen molar-refractivity contribution in [1.29, 1.82) is 0 Å². The fraction of sp³-hybridized carbons (Fsp3) is 0.400. The van der Waals surface area contributed by atoms with Crippen molar-refractivity contribution in [3.05, 3.63) is 35.0 Å². The highest BCUT2D eigenvalue weighted by atomic mass is 35.5. The lowest BCUT2D eigenvalue weighted by atomic mass is 9.99. The van der Waals surface area contributed by atoms with E-state index in [0.717, 1.165) is 27.7 Å². The quantitative estimate of drug-likeness (QED) is 0.905. The van der Waals surface area contributed by atoms with Crippen LogP contribution in [0.4, 0.5) is 5.82 Å². The number of nitrogens with zero attached hydrogens (tertiary/aromatic N) is 2. The second kappa shape index (κ2) is 4.01. The number of aryl methyl sites for hydroxylation is 1. The third-order valence-electron chi connectivity index (χ3n) is 4.10. The van der Waals surface area contributed by atoms with Gasteiger partial charge in [-0.15, -0.1) is 0 Å². The summed E-state index contributed by atoms with van der Waals surface area (Å²) >= 11 is 5.95. The lowest BCUT2D eigenvalue weighted by Crippen LogP contribution is -1.98. The van der Waals surface area contributed by atoms with E-state index in [9.17, 15) is 0 Å². The minimum Gasteiger partial charge on any atom is -0.383 e. The highest BCUT2D eigenvalue weighted by Crippen LogP contribution is 2.60. The van der Waals surface area contributed by atoms with E-state index >= 15 is 0 Å². The summed E-state index contributed by atoms with van der Waals surface area (Å²) < 4.78 is 1.77. The Hall–Kier alpha value is -1.48. The highest BCUT2D eigenvalue weighted by molar-refractivity contribution is 6.30. The van der Waals surface area contributed by atoms with Gasteiger partial charge in [0.25, 0.3) is 0 Å². The first-order chi connectivity index (χ1) is 8.90. The summed E-state index contributed by atoms with van der Waals surface area (Å²) in [4.78, 5) is 0. The van der Waals surface area contributed by atoms with Crippen LogP contribution < -0.4 is 5.73 Å². The van der Waals surface area contributed by atoms with Gasteiger partial charge in [-0.3, -0.25) is 4.68 Å². The SMILES string of the molecule is Cn1nc(C2CC2(C)C)c(-c2ccc(Cl)cc2)c1N. The number of hydrogen-bond acceptors (Lipinski definition) is 2. The van der Waals surface area contributed by atoms with Gasteiger partial charge in [0.1, 0.15) is 5.82 Å². The molecule has 0 aliphatic heterocycles. The van der Waals surface area contributed by atoms with Gasteiger partial charge < -0.3 is 5.73 Å². The molecule has 4 heteroatoms. The molecule has 3 rings (SSSR count). The lowest BCUT2D eigenvalue weighted by Gasteiger charge is -2.06. The maximum Gasteiger partial charge on any atom is 0.129 e. The molecule has 1 aliphatic carbocycles.